The van der Waals surface area contributed by atoms with Crippen LogP contribution in [0.2, 0.25) is 0 Å². The summed E-state index contributed by atoms with van der Waals surface area (Å²) in [5, 5.41) is 16.2. The van der Waals surface area contributed by atoms with Crippen LogP contribution in [0.5, 0.6) is 0 Å². The highest BCUT2D eigenvalue weighted by Crippen LogP contribution is 2.10. The van der Waals surface area contributed by atoms with Gasteiger partial charge in [-0.15, -0.1) is 0 Å². The Kier molecular flexibility index (Phi) is 3.61. The van der Waals surface area contributed by atoms with Gasteiger partial charge in [0.25, 0.3) is 0 Å². The summed E-state index contributed by atoms with van der Waals surface area (Å²) in [5.41, 5.74) is 6.00. The van der Waals surface area contributed by atoms with Crippen LogP contribution in [0, 0.1) is 11.3 Å². The molecule has 0 saturated carbocycles. The zero-order valence-electron chi connectivity index (χ0n) is 7.09. The molecule has 0 radical (unpaired) electrons. The van der Waals surface area contributed by atoms with Crippen LogP contribution in [-0.2, 0) is 0 Å². The van der Waals surface area contributed by atoms with Gasteiger partial charge in [0.1, 0.15) is 0 Å². The van der Waals surface area contributed by atoms with Crippen molar-refractivity contribution in [1.29, 1.82) is 5.26 Å². The number of nitriles is 1. The maximum Gasteiger partial charge on any atom is 0.169 e. The molecule has 0 aliphatic rings. The Balaban J connectivity index is 2.64. The number of nitrogens with two attached hydrogens (primary N) is 1. The highest BCUT2D eigenvalue weighted by Gasteiger charge is 1.99. The molecule has 0 amide bonds. The van der Waals surface area contributed by atoms with E-state index in [1.54, 1.807) is 0 Å². The van der Waals surface area contributed by atoms with Crippen LogP contribution < -0.4 is 5.73 Å². The average Bonchev–Trinajstić information content (AvgIpc) is 2.21. The lowest BCUT2D eigenvalue weighted by Crippen LogP contribution is -2.14. The molecule has 0 spiro atoms. The van der Waals surface area contributed by atoms with Crippen molar-refractivity contribution in [3.05, 3.63) is 30.3 Å². The second-order valence-electron chi connectivity index (χ2n) is 2.43. The second-order valence-corrected chi connectivity index (χ2v) is 2.43. The minimum atomic E-state index is -0.541. The summed E-state index contributed by atoms with van der Waals surface area (Å²) in [6.07, 6.45) is 0. The third-order valence-electron chi connectivity index (χ3n) is 1.44. The first-order valence-electron chi connectivity index (χ1n) is 3.92. The second kappa shape index (κ2) is 5.01. The molecule has 1 rings (SSSR count). The minimum absolute atomic E-state index is 0.201. The Morgan fingerprint density at radius 3 is 2.62 bits per heavy atom. The fourth-order valence-electron chi connectivity index (χ4n) is 0.757. The molecule has 0 fully saturated rings. The molecule has 1 aromatic rings. The molecule has 13 heavy (non-hydrogen) atoms. The predicted molar refractivity (Wildman–Crippen MR) is 49.4 cm³/mol. The van der Waals surface area contributed by atoms with E-state index in [0.29, 0.717) is 0 Å². The standard InChI is InChI=1S/C9H10N4/c10-6-9(7-11)13-12-8-4-2-1-3-5-8/h1-5,9H,6,10H2/b13-12+. The largest absolute Gasteiger partial charge is 0.327 e. The van der Waals surface area contributed by atoms with Crippen LogP contribution in [0.15, 0.2) is 40.6 Å². The van der Waals surface area contributed by atoms with Crippen LogP contribution in [0.1, 0.15) is 0 Å². The molecule has 4 nitrogen and oxygen atoms in total. The van der Waals surface area contributed by atoms with E-state index in [9.17, 15) is 0 Å². The summed E-state index contributed by atoms with van der Waals surface area (Å²) in [5.74, 6) is 0. The van der Waals surface area contributed by atoms with Gasteiger partial charge in [0.2, 0.25) is 0 Å². The zero-order chi connectivity index (χ0) is 9.52. The van der Waals surface area contributed by atoms with Gasteiger partial charge in [0.05, 0.1) is 11.8 Å². The predicted octanol–water partition coefficient (Wildman–Crippen LogP) is 1.62. The third kappa shape index (κ3) is 3.01. The lowest BCUT2D eigenvalue weighted by atomic mass is 10.3. The van der Waals surface area contributed by atoms with Crippen molar-refractivity contribution in [2.45, 2.75) is 6.04 Å². The van der Waals surface area contributed by atoms with E-state index in [-0.39, 0.29) is 6.54 Å². The van der Waals surface area contributed by atoms with Gasteiger partial charge in [0.15, 0.2) is 6.04 Å². The molecule has 1 aromatic carbocycles. The Hall–Kier alpha value is -1.73. The van der Waals surface area contributed by atoms with E-state index >= 15 is 0 Å². The quantitative estimate of drug-likeness (QED) is 0.707. The average molecular weight is 174 g/mol. The summed E-state index contributed by atoms with van der Waals surface area (Å²) < 4.78 is 0. The molecule has 0 aliphatic heterocycles. The Bertz CT molecular complexity index is 312. The van der Waals surface area contributed by atoms with Crippen LogP contribution >= 0.6 is 0 Å². The zero-order valence-corrected chi connectivity index (χ0v) is 7.09. The van der Waals surface area contributed by atoms with Crippen LogP contribution in [0.3, 0.4) is 0 Å². The van der Waals surface area contributed by atoms with Gasteiger partial charge >= 0.3 is 0 Å². The van der Waals surface area contributed by atoms with Gasteiger partial charge < -0.3 is 5.73 Å². The molecule has 0 bridgehead atoms. The fourth-order valence-corrected chi connectivity index (χ4v) is 0.757. The molecule has 2 N–H and O–H groups in total. The number of benzene rings is 1. The monoisotopic (exact) mass is 174 g/mol. The number of hydrogen-bond donors (Lipinski definition) is 1. The van der Waals surface area contributed by atoms with E-state index in [1.165, 1.54) is 0 Å². The van der Waals surface area contributed by atoms with Crippen molar-refractivity contribution in [3.8, 4) is 6.07 Å². The molecule has 0 aliphatic carbocycles. The normalized spacial score (nSPS) is 12.6. The van der Waals surface area contributed by atoms with Crippen molar-refractivity contribution < 1.29 is 0 Å². The van der Waals surface area contributed by atoms with Crippen molar-refractivity contribution in [1.82, 2.24) is 0 Å². The number of nitrogens with zero attached hydrogens (tertiary/aromatic N) is 3. The number of azo groups is 1. The van der Waals surface area contributed by atoms with Crippen molar-refractivity contribution in [2.24, 2.45) is 16.0 Å². The fraction of sp³-hybridized carbons (Fsp3) is 0.222. The van der Waals surface area contributed by atoms with Gasteiger partial charge in [0, 0.05) is 6.54 Å². The maximum atomic E-state index is 8.52. The maximum absolute atomic E-state index is 8.52. The summed E-state index contributed by atoms with van der Waals surface area (Å²) in [6.45, 7) is 0.201. The molecule has 0 aromatic heterocycles. The van der Waals surface area contributed by atoms with Crippen molar-refractivity contribution >= 4 is 5.69 Å². The molecule has 66 valence electrons. The lowest BCUT2D eigenvalue weighted by molar-refractivity contribution is 0.788. The Morgan fingerprint density at radius 1 is 1.38 bits per heavy atom. The van der Waals surface area contributed by atoms with E-state index in [4.69, 9.17) is 11.0 Å². The molecule has 0 heterocycles. The first kappa shape index (κ1) is 9.36. The van der Waals surface area contributed by atoms with Gasteiger partial charge in [-0.3, -0.25) is 0 Å². The first-order valence-corrected chi connectivity index (χ1v) is 3.92. The topological polar surface area (TPSA) is 74.5 Å². The van der Waals surface area contributed by atoms with Gasteiger partial charge in [-0.05, 0) is 12.1 Å². The molecule has 1 atom stereocenters. The van der Waals surface area contributed by atoms with Crippen LogP contribution in [0.4, 0.5) is 5.69 Å². The van der Waals surface area contributed by atoms with Crippen molar-refractivity contribution in [2.75, 3.05) is 6.54 Å². The van der Waals surface area contributed by atoms with Gasteiger partial charge in [-0.25, -0.2) is 0 Å². The number of hydrogen-bond acceptors (Lipinski definition) is 4. The van der Waals surface area contributed by atoms with Crippen molar-refractivity contribution in [3.63, 3.8) is 0 Å². The third-order valence-corrected chi connectivity index (χ3v) is 1.44. The first-order chi connectivity index (χ1) is 6.36. The molecular weight excluding hydrogens is 164 g/mol. The molecular formula is C9H10N4. The van der Waals surface area contributed by atoms with E-state index in [0.717, 1.165) is 5.69 Å². The molecule has 4 heteroatoms. The van der Waals surface area contributed by atoms with Gasteiger partial charge in [-0.2, -0.15) is 15.5 Å². The smallest absolute Gasteiger partial charge is 0.169 e. The molecule has 1 unspecified atom stereocenters. The number of rotatable bonds is 3. The Morgan fingerprint density at radius 2 is 2.08 bits per heavy atom. The van der Waals surface area contributed by atoms with Crippen LogP contribution in [-0.4, -0.2) is 12.6 Å². The van der Waals surface area contributed by atoms with E-state index in [1.807, 2.05) is 36.4 Å². The van der Waals surface area contributed by atoms with Gasteiger partial charge in [-0.1, -0.05) is 18.2 Å². The minimum Gasteiger partial charge on any atom is -0.327 e. The Labute approximate surface area is 76.7 Å². The van der Waals surface area contributed by atoms with Crippen LogP contribution in [0.25, 0.3) is 0 Å². The SMILES string of the molecule is N#CC(CN)/N=N/c1ccccc1. The highest BCUT2D eigenvalue weighted by atomic mass is 15.1. The highest BCUT2D eigenvalue weighted by molar-refractivity contribution is 5.34. The summed E-state index contributed by atoms with van der Waals surface area (Å²) in [7, 11) is 0. The summed E-state index contributed by atoms with van der Waals surface area (Å²) in [6, 6.07) is 10.6. The molecule has 0 saturated heterocycles. The summed E-state index contributed by atoms with van der Waals surface area (Å²) >= 11 is 0. The lowest BCUT2D eigenvalue weighted by Gasteiger charge is -1.95. The van der Waals surface area contributed by atoms with E-state index in [2.05, 4.69) is 10.2 Å². The summed E-state index contributed by atoms with van der Waals surface area (Å²) in [4.78, 5) is 0. The van der Waals surface area contributed by atoms with E-state index < -0.39 is 6.04 Å².